The lowest BCUT2D eigenvalue weighted by Gasteiger charge is -2.13. The first-order valence-electron chi connectivity index (χ1n) is 11.3. The van der Waals surface area contributed by atoms with Crippen molar-refractivity contribution in [1.29, 1.82) is 0 Å². The van der Waals surface area contributed by atoms with Gasteiger partial charge in [-0.3, -0.25) is 4.79 Å². The van der Waals surface area contributed by atoms with Gasteiger partial charge in [-0.1, -0.05) is 67.4 Å². The minimum Gasteiger partial charge on any atom is -0.465 e. The second-order valence-electron chi connectivity index (χ2n) is 7.86. The summed E-state index contributed by atoms with van der Waals surface area (Å²) in [5, 5.41) is 2.99. The molecule has 0 spiro atoms. The zero-order valence-corrected chi connectivity index (χ0v) is 20.7. The summed E-state index contributed by atoms with van der Waals surface area (Å²) in [4.78, 5) is 41.2. The van der Waals surface area contributed by atoms with E-state index in [1.165, 1.54) is 14.2 Å². The minimum atomic E-state index is -0.560. The van der Waals surface area contributed by atoms with E-state index in [9.17, 15) is 14.4 Å². The van der Waals surface area contributed by atoms with Gasteiger partial charge in [0.25, 0.3) is 0 Å². The molecule has 0 aliphatic heterocycles. The van der Waals surface area contributed by atoms with Crippen molar-refractivity contribution in [2.45, 2.75) is 39.3 Å². The van der Waals surface area contributed by atoms with Gasteiger partial charge in [-0.05, 0) is 18.1 Å². The SMILES string of the molecule is CCCCc1nc(Cl)c(CNC(=O)OC)n1Cc1ccc(C(=O)c2ccccc2C(=O)OC)cc1. The number of amides is 1. The number of nitrogens with zero attached hydrogens (tertiary/aromatic N) is 2. The summed E-state index contributed by atoms with van der Waals surface area (Å²) < 4.78 is 11.4. The molecule has 1 amide bonds. The number of unbranched alkanes of at least 4 members (excludes halogenated alkanes) is 1. The Kier molecular flexibility index (Phi) is 9.03. The Labute approximate surface area is 209 Å². The highest BCUT2D eigenvalue weighted by atomic mass is 35.5. The van der Waals surface area contributed by atoms with Gasteiger partial charge in [-0.15, -0.1) is 0 Å². The van der Waals surface area contributed by atoms with E-state index in [-0.39, 0.29) is 23.5 Å². The van der Waals surface area contributed by atoms with Gasteiger partial charge in [-0.2, -0.15) is 0 Å². The minimum absolute atomic E-state index is 0.172. The third-order valence-corrected chi connectivity index (χ3v) is 5.88. The number of esters is 1. The summed E-state index contributed by atoms with van der Waals surface area (Å²) in [5.74, 6) is -0.00393. The Hall–Kier alpha value is -3.65. The number of halogens is 1. The number of alkyl carbamates (subject to hydrolysis) is 1. The maximum atomic E-state index is 13.1. The number of benzene rings is 2. The number of aryl methyl sites for hydroxylation is 1. The second kappa shape index (κ2) is 12.2. The van der Waals surface area contributed by atoms with E-state index in [0.717, 1.165) is 30.7 Å². The standard InChI is InChI=1S/C26H28ClN3O5/c1-4-5-10-22-29-24(27)21(15-28-26(33)35-3)30(22)16-17-11-13-18(14-12-17)23(31)19-8-6-7-9-20(19)25(32)34-2/h6-9,11-14H,4-5,10,15-16H2,1-3H3,(H,28,33). The summed E-state index contributed by atoms with van der Waals surface area (Å²) in [6.07, 6.45) is 2.14. The number of carbonyl (C=O) groups excluding carboxylic acids is 3. The maximum absolute atomic E-state index is 13.1. The first-order valence-corrected chi connectivity index (χ1v) is 11.6. The van der Waals surface area contributed by atoms with Crippen LogP contribution in [-0.4, -0.2) is 41.6 Å². The molecule has 3 aromatic rings. The molecule has 3 rings (SSSR count). The van der Waals surface area contributed by atoms with E-state index in [4.69, 9.17) is 16.3 Å². The highest BCUT2D eigenvalue weighted by molar-refractivity contribution is 6.30. The third kappa shape index (κ3) is 6.27. The molecule has 0 saturated carbocycles. The van der Waals surface area contributed by atoms with Crippen LogP contribution < -0.4 is 5.32 Å². The van der Waals surface area contributed by atoms with Crippen molar-refractivity contribution >= 4 is 29.4 Å². The zero-order valence-electron chi connectivity index (χ0n) is 20.0. The van der Waals surface area contributed by atoms with E-state index in [2.05, 4.69) is 22.0 Å². The van der Waals surface area contributed by atoms with Gasteiger partial charge in [0.1, 0.15) is 5.82 Å². The Morgan fingerprint density at radius 1 is 1.00 bits per heavy atom. The van der Waals surface area contributed by atoms with Gasteiger partial charge in [0.2, 0.25) is 0 Å². The van der Waals surface area contributed by atoms with Gasteiger partial charge in [0, 0.05) is 24.1 Å². The molecule has 1 aromatic heterocycles. The molecule has 1 heterocycles. The van der Waals surface area contributed by atoms with Crippen LogP contribution in [0.1, 0.15) is 63.1 Å². The predicted octanol–water partition coefficient (Wildman–Crippen LogP) is 4.80. The lowest BCUT2D eigenvalue weighted by Crippen LogP contribution is -2.24. The Bertz CT molecular complexity index is 1200. The number of rotatable bonds is 10. The fourth-order valence-corrected chi connectivity index (χ4v) is 3.95. The molecule has 0 aliphatic rings. The number of carbonyl (C=O) groups is 3. The first-order chi connectivity index (χ1) is 16.9. The van der Waals surface area contributed by atoms with Crippen molar-refractivity contribution in [2.75, 3.05) is 14.2 Å². The topological polar surface area (TPSA) is 99.5 Å². The molecule has 35 heavy (non-hydrogen) atoms. The molecule has 0 unspecified atom stereocenters. The fourth-order valence-electron chi connectivity index (χ4n) is 3.68. The molecule has 2 aromatic carbocycles. The smallest absolute Gasteiger partial charge is 0.407 e. The summed E-state index contributed by atoms with van der Waals surface area (Å²) in [5.41, 5.74) is 2.56. The quantitative estimate of drug-likeness (QED) is 0.319. The monoisotopic (exact) mass is 497 g/mol. The second-order valence-corrected chi connectivity index (χ2v) is 8.22. The van der Waals surface area contributed by atoms with Crippen LogP contribution >= 0.6 is 11.6 Å². The number of ether oxygens (including phenoxy) is 2. The first kappa shape index (κ1) is 26.0. The number of aromatic nitrogens is 2. The highest BCUT2D eigenvalue weighted by Gasteiger charge is 2.20. The number of ketones is 1. The Balaban J connectivity index is 1.86. The number of imidazole rings is 1. The normalized spacial score (nSPS) is 10.6. The molecule has 0 fully saturated rings. The zero-order chi connectivity index (χ0) is 25.4. The molecular formula is C26H28ClN3O5. The molecule has 9 heteroatoms. The molecule has 0 radical (unpaired) electrons. The summed E-state index contributed by atoms with van der Waals surface area (Å²) in [6, 6.07) is 13.7. The van der Waals surface area contributed by atoms with Crippen LogP contribution in [0.15, 0.2) is 48.5 Å². The fraction of sp³-hybridized carbons (Fsp3) is 0.308. The number of hydrogen-bond acceptors (Lipinski definition) is 6. The van der Waals surface area contributed by atoms with Crippen molar-refractivity contribution in [1.82, 2.24) is 14.9 Å². The summed E-state index contributed by atoms with van der Waals surface area (Å²) in [6.45, 7) is 2.73. The maximum Gasteiger partial charge on any atom is 0.407 e. The Morgan fingerprint density at radius 3 is 2.31 bits per heavy atom. The predicted molar refractivity (Wildman–Crippen MR) is 132 cm³/mol. The number of hydrogen-bond donors (Lipinski definition) is 1. The molecule has 0 atom stereocenters. The van der Waals surface area contributed by atoms with E-state index >= 15 is 0 Å². The van der Waals surface area contributed by atoms with Gasteiger partial charge >= 0.3 is 12.1 Å². The van der Waals surface area contributed by atoms with Gasteiger partial charge in [-0.25, -0.2) is 14.6 Å². The van der Waals surface area contributed by atoms with Crippen LogP contribution in [0.2, 0.25) is 5.15 Å². The lowest BCUT2D eigenvalue weighted by molar-refractivity contribution is 0.0597. The molecule has 1 N–H and O–H groups in total. The van der Waals surface area contributed by atoms with Crippen LogP contribution in [0.5, 0.6) is 0 Å². The highest BCUT2D eigenvalue weighted by Crippen LogP contribution is 2.22. The largest absolute Gasteiger partial charge is 0.465 e. The van der Waals surface area contributed by atoms with E-state index in [1.54, 1.807) is 36.4 Å². The van der Waals surface area contributed by atoms with Gasteiger partial charge in [0.05, 0.1) is 32.0 Å². The molecular weight excluding hydrogens is 470 g/mol. The lowest BCUT2D eigenvalue weighted by atomic mass is 9.97. The van der Waals surface area contributed by atoms with Crippen molar-refractivity contribution in [2.24, 2.45) is 0 Å². The van der Waals surface area contributed by atoms with Crippen molar-refractivity contribution < 1.29 is 23.9 Å². The summed E-state index contributed by atoms with van der Waals surface area (Å²) >= 11 is 6.40. The third-order valence-electron chi connectivity index (χ3n) is 5.58. The number of methoxy groups -OCH3 is 2. The van der Waals surface area contributed by atoms with E-state index in [0.29, 0.717) is 23.0 Å². The van der Waals surface area contributed by atoms with Crippen molar-refractivity contribution in [3.05, 3.63) is 87.5 Å². The van der Waals surface area contributed by atoms with Crippen LogP contribution in [-0.2, 0) is 29.0 Å². The Morgan fingerprint density at radius 2 is 1.69 bits per heavy atom. The summed E-state index contributed by atoms with van der Waals surface area (Å²) in [7, 11) is 2.58. The average Bonchev–Trinajstić information content (AvgIpc) is 3.18. The van der Waals surface area contributed by atoms with E-state index < -0.39 is 12.1 Å². The molecule has 0 aliphatic carbocycles. The van der Waals surface area contributed by atoms with Crippen LogP contribution in [0, 0.1) is 0 Å². The van der Waals surface area contributed by atoms with Crippen LogP contribution in [0.4, 0.5) is 4.79 Å². The number of nitrogens with one attached hydrogen (secondary N) is 1. The van der Waals surface area contributed by atoms with Crippen LogP contribution in [0.3, 0.4) is 0 Å². The molecule has 0 saturated heterocycles. The van der Waals surface area contributed by atoms with Crippen LogP contribution in [0.25, 0.3) is 0 Å². The van der Waals surface area contributed by atoms with Gasteiger partial charge in [0.15, 0.2) is 10.9 Å². The molecule has 184 valence electrons. The van der Waals surface area contributed by atoms with Crippen molar-refractivity contribution in [3.63, 3.8) is 0 Å². The average molecular weight is 498 g/mol. The van der Waals surface area contributed by atoms with Crippen molar-refractivity contribution in [3.8, 4) is 0 Å². The van der Waals surface area contributed by atoms with Gasteiger partial charge < -0.3 is 19.4 Å². The molecule has 0 bridgehead atoms. The molecule has 8 nitrogen and oxygen atoms in total. The van der Waals surface area contributed by atoms with E-state index in [1.807, 2.05) is 16.7 Å².